The first-order valence-corrected chi connectivity index (χ1v) is 12.1. The van der Waals surface area contributed by atoms with Crippen LogP contribution in [0.4, 0.5) is 8.78 Å². The molecule has 3 rings (SSSR count). The molecule has 0 saturated heterocycles. The van der Waals surface area contributed by atoms with Crippen molar-refractivity contribution >= 4 is 38.2 Å². The Labute approximate surface area is 200 Å². The summed E-state index contributed by atoms with van der Waals surface area (Å²) in [5.41, 5.74) is 8.45. The van der Waals surface area contributed by atoms with Gasteiger partial charge >= 0.3 is 0 Å². The van der Waals surface area contributed by atoms with Crippen molar-refractivity contribution in [2.24, 2.45) is 10.7 Å². The van der Waals surface area contributed by atoms with Gasteiger partial charge in [-0.05, 0) is 43.0 Å². The van der Waals surface area contributed by atoms with Gasteiger partial charge in [-0.1, -0.05) is 28.0 Å². The maximum Gasteiger partial charge on any atom is 0.297 e. The van der Waals surface area contributed by atoms with Gasteiger partial charge in [0.25, 0.3) is 5.66 Å². The fraction of sp³-hybridized carbons (Fsp3) is 0.333. The number of aliphatic imine (C=N–C) groups is 1. The summed E-state index contributed by atoms with van der Waals surface area (Å²) in [5.74, 6) is -0.0207. The second-order valence-corrected chi connectivity index (χ2v) is 9.63. The van der Waals surface area contributed by atoms with E-state index in [4.69, 9.17) is 5.73 Å². The van der Waals surface area contributed by atoms with Crippen molar-refractivity contribution < 1.29 is 8.78 Å². The number of thiophene rings is 1. The van der Waals surface area contributed by atoms with Gasteiger partial charge in [0.2, 0.25) is 0 Å². The van der Waals surface area contributed by atoms with Crippen molar-refractivity contribution in [3.63, 3.8) is 0 Å². The zero-order valence-corrected chi connectivity index (χ0v) is 21.1. The highest BCUT2D eigenvalue weighted by molar-refractivity contribution is 7.18. The Morgan fingerprint density at radius 1 is 1.48 bits per heavy atom. The molecule has 1 unspecified atom stereocenters. The van der Waals surface area contributed by atoms with E-state index in [1.807, 2.05) is 31.5 Å². The lowest BCUT2D eigenvalue weighted by molar-refractivity contribution is 0.139. The summed E-state index contributed by atoms with van der Waals surface area (Å²) in [5, 5.41) is 4.48. The Bertz CT molecular complexity index is 1110. The summed E-state index contributed by atoms with van der Waals surface area (Å²) in [7, 11) is 2.90. The maximum absolute atomic E-state index is 13.5. The third-order valence-electron chi connectivity index (χ3n) is 5.46. The van der Waals surface area contributed by atoms with Gasteiger partial charge in [-0.3, -0.25) is 9.88 Å². The molecule has 0 aromatic carbocycles. The number of aromatic nitrogens is 1. The molecule has 5 nitrogen and oxygen atoms in total. The molecule has 0 saturated carbocycles. The number of amidine groups is 1. The average molecular weight is 490 g/mol. The molecule has 2 aromatic heterocycles. The molecule has 0 aliphatic carbocycles. The molecule has 176 valence electrons. The van der Waals surface area contributed by atoms with Gasteiger partial charge in [-0.15, -0.1) is 11.3 Å². The van der Waals surface area contributed by atoms with Crippen molar-refractivity contribution in [1.82, 2.24) is 15.2 Å². The molecule has 1 aliphatic heterocycles. The van der Waals surface area contributed by atoms with Gasteiger partial charge in [-0.25, -0.2) is 4.99 Å². The molecule has 3 heterocycles. The Morgan fingerprint density at radius 3 is 2.91 bits per heavy atom. The summed E-state index contributed by atoms with van der Waals surface area (Å²) in [6, 6.07) is 2.20. The number of hydrogen-bond acceptors (Lipinski definition) is 5. The van der Waals surface area contributed by atoms with Crippen LogP contribution in [-0.2, 0) is 19.5 Å². The molecule has 9 heteroatoms. The first-order valence-electron chi connectivity index (χ1n) is 10.6. The molecule has 0 fully saturated rings. The molecule has 0 radical (unpaired) electrons. The number of aryl methyl sites for hydroxylation is 1. The summed E-state index contributed by atoms with van der Waals surface area (Å²) in [6.45, 7) is 10.6. The minimum absolute atomic E-state index is 0.0207. The zero-order chi connectivity index (χ0) is 24.2. The second kappa shape index (κ2) is 10.7. The summed E-state index contributed by atoms with van der Waals surface area (Å²) in [6.07, 6.45) is 8.06. The molecule has 3 N–H and O–H groups in total. The number of nitrogens with two attached hydrogens (primary N) is 1. The normalized spacial score (nSPS) is 15.7. The smallest absolute Gasteiger partial charge is 0.297 e. The molecule has 0 amide bonds. The number of halogens is 2. The Balaban J connectivity index is 1.73. The first kappa shape index (κ1) is 25.2. The van der Waals surface area contributed by atoms with Crippen LogP contribution in [0.15, 0.2) is 47.1 Å². The van der Waals surface area contributed by atoms with Gasteiger partial charge < -0.3 is 11.1 Å². The molecule has 1 atom stereocenters. The van der Waals surface area contributed by atoms with Gasteiger partial charge in [0.05, 0.1) is 11.4 Å². The number of allylic oxidation sites excluding steroid dienone is 2. The SMILES string of the molecule is C=C(N=C(N)/C=C(\NC)C(F)(F)P)c1csc2c1CCN(Cc1cnc(C)c(/C=C\C)c1)C2. The first-order chi connectivity index (χ1) is 15.6. The largest absolute Gasteiger partial charge is 0.386 e. The molecular weight excluding hydrogens is 459 g/mol. The Kier molecular flexibility index (Phi) is 8.16. The molecule has 0 bridgehead atoms. The third kappa shape index (κ3) is 6.34. The van der Waals surface area contributed by atoms with E-state index >= 15 is 0 Å². The van der Waals surface area contributed by atoms with Crippen molar-refractivity contribution in [3.8, 4) is 0 Å². The Hall–Kier alpha value is -2.41. The van der Waals surface area contributed by atoms with Crippen molar-refractivity contribution in [1.29, 1.82) is 0 Å². The van der Waals surface area contributed by atoms with Crippen LogP contribution in [-0.4, -0.2) is 35.0 Å². The fourth-order valence-electron chi connectivity index (χ4n) is 3.78. The number of rotatable bonds is 8. The quantitative estimate of drug-likeness (QED) is 0.313. The predicted molar refractivity (Wildman–Crippen MR) is 138 cm³/mol. The highest BCUT2D eigenvalue weighted by Crippen LogP contribution is 2.34. The predicted octanol–water partition coefficient (Wildman–Crippen LogP) is 4.94. The van der Waals surface area contributed by atoms with E-state index in [2.05, 4.69) is 38.9 Å². The fourth-order valence-corrected chi connectivity index (χ4v) is 5.16. The lowest BCUT2D eigenvalue weighted by atomic mass is 10.0. The number of nitrogens with zero attached hydrogens (tertiary/aromatic N) is 3. The highest BCUT2D eigenvalue weighted by Gasteiger charge is 2.27. The maximum atomic E-state index is 13.5. The van der Waals surface area contributed by atoms with Crippen LogP contribution in [0.2, 0.25) is 0 Å². The van der Waals surface area contributed by atoms with E-state index in [1.165, 1.54) is 32.3 Å². The molecule has 2 aromatic rings. The van der Waals surface area contributed by atoms with E-state index in [0.29, 0.717) is 5.70 Å². The van der Waals surface area contributed by atoms with Crippen LogP contribution in [0.1, 0.15) is 39.7 Å². The third-order valence-corrected chi connectivity index (χ3v) is 6.78. The van der Waals surface area contributed by atoms with Crippen LogP contribution < -0.4 is 11.1 Å². The van der Waals surface area contributed by atoms with Crippen LogP contribution in [0.25, 0.3) is 11.8 Å². The molecule has 1 aliphatic rings. The topological polar surface area (TPSA) is 66.5 Å². The lowest BCUT2D eigenvalue weighted by Gasteiger charge is -2.27. The van der Waals surface area contributed by atoms with E-state index in [-0.39, 0.29) is 11.5 Å². The molecular formula is C24H30F2N5PS. The molecule has 33 heavy (non-hydrogen) atoms. The number of pyridine rings is 1. The number of alkyl halides is 2. The van der Waals surface area contributed by atoms with E-state index in [9.17, 15) is 8.78 Å². The zero-order valence-electron chi connectivity index (χ0n) is 19.2. The van der Waals surface area contributed by atoms with Gasteiger partial charge in [0, 0.05) is 60.5 Å². The van der Waals surface area contributed by atoms with E-state index in [1.54, 1.807) is 11.3 Å². The van der Waals surface area contributed by atoms with Crippen LogP contribution >= 0.6 is 20.6 Å². The number of hydrogen-bond donors (Lipinski definition) is 2. The second-order valence-electron chi connectivity index (χ2n) is 7.94. The minimum atomic E-state index is -3.11. The van der Waals surface area contributed by atoms with Crippen molar-refractivity contribution in [2.45, 2.75) is 39.0 Å². The number of nitrogens with one attached hydrogen (secondary N) is 1. The van der Waals surface area contributed by atoms with Gasteiger partial charge in [0.1, 0.15) is 5.84 Å². The van der Waals surface area contributed by atoms with E-state index in [0.717, 1.165) is 49.0 Å². The highest BCUT2D eigenvalue weighted by atomic mass is 32.1. The average Bonchev–Trinajstić information content (AvgIpc) is 3.17. The van der Waals surface area contributed by atoms with E-state index < -0.39 is 5.66 Å². The van der Waals surface area contributed by atoms with Crippen LogP contribution in [0.3, 0.4) is 0 Å². The summed E-state index contributed by atoms with van der Waals surface area (Å²) in [4.78, 5) is 12.5. The minimum Gasteiger partial charge on any atom is -0.386 e. The van der Waals surface area contributed by atoms with Crippen molar-refractivity contribution in [2.75, 3.05) is 13.6 Å². The van der Waals surface area contributed by atoms with Crippen molar-refractivity contribution in [3.05, 3.63) is 74.9 Å². The number of fused-ring (bicyclic) bond motifs is 1. The molecule has 0 spiro atoms. The Morgan fingerprint density at radius 2 is 2.24 bits per heavy atom. The van der Waals surface area contributed by atoms with Gasteiger partial charge in [0.15, 0.2) is 0 Å². The standard InChI is InChI=1S/C24H30F2N5PS/c1-5-6-18-9-17(11-29-15(18)2)12-31-8-7-19-20(14-33-21(19)13-31)16(3)30-23(27)10-22(28-4)24(25,26)32/h5-6,9-11,14,28H,3,7-8,12-13,32H2,1-2,4H3,(H2,27,30)/b6-5-,22-10-. The monoisotopic (exact) mass is 489 g/mol. The van der Waals surface area contributed by atoms with Crippen LogP contribution in [0, 0.1) is 6.92 Å². The lowest BCUT2D eigenvalue weighted by Crippen LogP contribution is -2.29. The summed E-state index contributed by atoms with van der Waals surface area (Å²) < 4.78 is 27.1. The summed E-state index contributed by atoms with van der Waals surface area (Å²) >= 11 is 1.67. The van der Waals surface area contributed by atoms with Gasteiger partial charge in [-0.2, -0.15) is 8.78 Å². The van der Waals surface area contributed by atoms with Crippen LogP contribution in [0.5, 0.6) is 0 Å².